The van der Waals surface area contributed by atoms with E-state index in [1.54, 1.807) is 13.0 Å². The zero-order valence-electron chi connectivity index (χ0n) is 14.0. The zero-order chi connectivity index (χ0) is 17.2. The maximum Gasteiger partial charge on any atom is 0.312 e. The van der Waals surface area contributed by atoms with Crippen molar-refractivity contribution >= 4 is 11.8 Å². The SMILES string of the molecule is CCNC(=O)C(=O)N1CC(Oc2ccc(F)cc2C(C)(C)C)C1. The van der Waals surface area contributed by atoms with E-state index in [4.69, 9.17) is 4.74 Å². The molecule has 126 valence electrons. The van der Waals surface area contributed by atoms with E-state index in [1.807, 2.05) is 20.8 Å². The number of nitrogens with one attached hydrogen (secondary N) is 1. The van der Waals surface area contributed by atoms with E-state index < -0.39 is 11.8 Å². The molecule has 0 aliphatic carbocycles. The van der Waals surface area contributed by atoms with Gasteiger partial charge in [0.2, 0.25) is 0 Å². The van der Waals surface area contributed by atoms with Crippen molar-refractivity contribution < 1.29 is 18.7 Å². The van der Waals surface area contributed by atoms with Crippen molar-refractivity contribution in [2.75, 3.05) is 19.6 Å². The topological polar surface area (TPSA) is 58.6 Å². The van der Waals surface area contributed by atoms with Gasteiger partial charge in [-0.05, 0) is 30.5 Å². The van der Waals surface area contributed by atoms with Gasteiger partial charge >= 0.3 is 11.8 Å². The molecule has 2 amide bonds. The normalized spacial score (nSPS) is 15.1. The van der Waals surface area contributed by atoms with E-state index in [2.05, 4.69) is 5.32 Å². The number of likely N-dealkylation sites (N-methyl/N-ethyl adjacent to an activating group) is 1. The molecule has 5 nitrogen and oxygen atoms in total. The largest absolute Gasteiger partial charge is 0.486 e. The first-order valence-corrected chi connectivity index (χ1v) is 7.76. The highest BCUT2D eigenvalue weighted by Gasteiger charge is 2.36. The number of likely N-dealkylation sites (tertiary alicyclic amines) is 1. The monoisotopic (exact) mass is 322 g/mol. The van der Waals surface area contributed by atoms with Gasteiger partial charge in [0.05, 0.1) is 13.1 Å². The summed E-state index contributed by atoms with van der Waals surface area (Å²) in [7, 11) is 0. The average Bonchev–Trinajstić information content (AvgIpc) is 2.42. The number of carbonyl (C=O) groups is 2. The Bertz CT molecular complexity index is 604. The molecule has 1 aliphatic rings. The van der Waals surface area contributed by atoms with Gasteiger partial charge in [0.1, 0.15) is 17.7 Å². The Kier molecular flexibility index (Phi) is 4.92. The standard InChI is InChI=1S/C17H23FN2O3/c1-5-19-15(21)16(22)20-9-12(10-20)23-14-7-6-11(18)8-13(14)17(2,3)4/h6-8,12H,5,9-10H2,1-4H3,(H,19,21). The Morgan fingerprint density at radius 2 is 2.00 bits per heavy atom. The van der Waals surface area contributed by atoms with Gasteiger partial charge in [-0.3, -0.25) is 9.59 Å². The molecule has 1 N–H and O–H groups in total. The first kappa shape index (κ1) is 17.2. The van der Waals surface area contributed by atoms with Crippen molar-refractivity contribution in [1.29, 1.82) is 0 Å². The van der Waals surface area contributed by atoms with Crippen LogP contribution < -0.4 is 10.1 Å². The number of amides is 2. The van der Waals surface area contributed by atoms with Gasteiger partial charge in [-0.25, -0.2) is 4.39 Å². The molecule has 0 radical (unpaired) electrons. The van der Waals surface area contributed by atoms with Crippen LogP contribution in [0.4, 0.5) is 4.39 Å². The number of hydrogen-bond donors (Lipinski definition) is 1. The summed E-state index contributed by atoms with van der Waals surface area (Å²) in [6, 6.07) is 4.46. The van der Waals surface area contributed by atoms with Crippen molar-refractivity contribution in [1.82, 2.24) is 10.2 Å². The van der Waals surface area contributed by atoms with Gasteiger partial charge in [-0.2, -0.15) is 0 Å². The quantitative estimate of drug-likeness (QED) is 0.864. The average molecular weight is 322 g/mol. The first-order chi connectivity index (χ1) is 10.7. The van der Waals surface area contributed by atoms with Crippen molar-refractivity contribution in [3.63, 3.8) is 0 Å². The predicted octanol–water partition coefficient (Wildman–Crippen LogP) is 1.85. The number of ether oxygens (including phenoxy) is 1. The van der Waals surface area contributed by atoms with Crippen LogP contribution in [0.2, 0.25) is 0 Å². The molecule has 0 saturated carbocycles. The minimum Gasteiger partial charge on any atom is -0.486 e. The summed E-state index contributed by atoms with van der Waals surface area (Å²) < 4.78 is 19.4. The molecule has 6 heteroatoms. The number of benzene rings is 1. The van der Waals surface area contributed by atoms with Crippen LogP contribution in [-0.2, 0) is 15.0 Å². The van der Waals surface area contributed by atoms with Crippen LogP contribution in [0.1, 0.15) is 33.3 Å². The van der Waals surface area contributed by atoms with E-state index in [1.165, 1.54) is 17.0 Å². The van der Waals surface area contributed by atoms with E-state index in [0.29, 0.717) is 25.4 Å². The first-order valence-electron chi connectivity index (χ1n) is 7.76. The lowest BCUT2D eigenvalue weighted by molar-refractivity contribution is -0.151. The van der Waals surface area contributed by atoms with Crippen LogP contribution in [0.15, 0.2) is 18.2 Å². The molecular weight excluding hydrogens is 299 g/mol. The van der Waals surface area contributed by atoms with Crippen LogP contribution in [0.25, 0.3) is 0 Å². The molecule has 1 aromatic carbocycles. The number of carbonyl (C=O) groups excluding carboxylic acids is 2. The molecule has 1 aliphatic heterocycles. The second-order valence-corrected chi connectivity index (χ2v) is 6.70. The molecule has 0 aromatic heterocycles. The molecule has 2 rings (SSSR count). The summed E-state index contributed by atoms with van der Waals surface area (Å²) in [4.78, 5) is 24.7. The lowest BCUT2D eigenvalue weighted by Crippen LogP contribution is -2.59. The molecule has 0 atom stereocenters. The summed E-state index contributed by atoms with van der Waals surface area (Å²) in [5, 5.41) is 2.48. The van der Waals surface area contributed by atoms with Crippen molar-refractivity contribution in [3.8, 4) is 5.75 Å². The van der Waals surface area contributed by atoms with Crippen molar-refractivity contribution in [3.05, 3.63) is 29.6 Å². The third kappa shape index (κ3) is 4.00. The third-order valence-electron chi connectivity index (χ3n) is 3.71. The summed E-state index contributed by atoms with van der Waals surface area (Å²) >= 11 is 0. The molecule has 1 fully saturated rings. The Morgan fingerprint density at radius 1 is 1.35 bits per heavy atom. The Hall–Kier alpha value is -2.11. The Labute approximate surface area is 135 Å². The molecule has 23 heavy (non-hydrogen) atoms. The zero-order valence-corrected chi connectivity index (χ0v) is 14.0. The molecular formula is C17H23FN2O3. The fourth-order valence-electron chi connectivity index (χ4n) is 2.43. The van der Waals surface area contributed by atoms with Crippen molar-refractivity contribution in [2.24, 2.45) is 0 Å². The second-order valence-electron chi connectivity index (χ2n) is 6.70. The Morgan fingerprint density at radius 3 is 2.57 bits per heavy atom. The highest BCUT2D eigenvalue weighted by atomic mass is 19.1. The number of nitrogens with zero attached hydrogens (tertiary/aromatic N) is 1. The minimum atomic E-state index is -0.594. The lowest BCUT2D eigenvalue weighted by Gasteiger charge is -2.39. The van der Waals surface area contributed by atoms with E-state index in [0.717, 1.165) is 5.56 Å². The fraction of sp³-hybridized carbons (Fsp3) is 0.529. The molecule has 0 unspecified atom stereocenters. The molecule has 0 spiro atoms. The maximum absolute atomic E-state index is 13.5. The number of rotatable bonds is 3. The lowest BCUT2D eigenvalue weighted by atomic mass is 9.86. The summed E-state index contributed by atoms with van der Waals surface area (Å²) in [5.41, 5.74) is 0.531. The smallest absolute Gasteiger partial charge is 0.312 e. The number of halogens is 1. The van der Waals surface area contributed by atoms with Crippen LogP contribution in [0, 0.1) is 5.82 Å². The van der Waals surface area contributed by atoms with Gasteiger partial charge in [0.25, 0.3) is 0 Å². The van der Waals surface area contributed by atoms with Crippen LogP contribution in [-0.4, -0.2) is 42.5 Å². The van der Waals surface area contributed by atoms with Gasteiger partial charge < -0.3 is 15.0 Å². The van der Waals surface area contributed by atoms with Crippen LogP contribution in [0.5, 0.6) is 5.75 Å². The summed E-state index contributed by atoms with van der Waals surface area (Å²) in [6.07, 6.45) is -0.181. The summed E-state index contributed by atoms with van der Waals surface area (Å²) in [5.74, 6) is -0.817. The van der Waals surface area contributed by atoms with Crippen LogP contribution in [0.3, 0.4) is 0 Å². The van der Waals surface area contributed by atoms with E-state index in [9.17, 15) is 14.0 Å². The Balaban J connectivity index is 1.99. The van der Waals surface area contributed by atoms with Gasteiger partial charge in [-0.15, -0.1) is 0 Å². The number of hydrogen-bond acceptors (Lipinski definition) is 3. The second kappa shape index (κ2) is 6.56. The van der Waals surface area contributed by atoms with Gasteiger partial charge in [-0.1, -0.05) is 20.8 Å². The minimum absolute atomic E-state index is 0.181. The third-order valence-corrected chi connectivity index (χ3v) is 3.71. The van der Waals surface area contributed by atoms with E-state index in [-0.39, 0.29) is 17.3 Å². The van der Waals surface area contributed by atoms with E-state index >= 15 is 0 Å². The molecule has 1 heterocycles. The van der Waals surface area contributed by atoms with Gasteiger partial charge in [0, 0.05) is 12.1 Å². The van der Waals surface area contributed by atoms with Crippen molar-refractivity contribution in [2.45, 2.75) is 39.2 Å². The molecule has 0 bridgehead atoms. The highest BCUT2D eigenvalue weighted by Crippen LogP contribution is 2.33. The van der Waals surface area contributed by atoms with Gasteiger partial charge in [0.15, 0.2) is 0 Å². The molecule has 1 aromatic rings. The fourth-order valence-corrected chi connectivity index (χ4v) is 2.43. The van der Waals surface area contributed by atoms with Crippen LogP contribution >= 0.6 is 0 Å². The predicted molar refractivity (Wildman–Crippen MR) is 84.8 cm³/mol. The molecule has 1 saturated heterocycles. The highest BCUT2D eigenvalue weighted by molar-refractivity contribution is 6.35. The maximum atomic E-state index is 13.5. The summed E-state index contributed by atoms with van der Waals surface area (Å²) in [6.45, 7) is 8.85.